The smallest absolute Gasteiger partial charge is 0.242 e. The van der Waals surface area contributed by atoms with Gasteiger partial charge in [-0.25, -0.2) is 0 Å². The Morgan fingerprint density at radius 2 is 2.28 bits per heavy atom. The molecule has 0 aliphatic carbocycles. The molecule has 6 heteroatoms. The summed E-state index contributed by atoms with van der Waals surface area (Å²) < 4.78 is 5.77. The second kappa shape index (κ2) is 7.61. The molecule has 1 unspecified atom stereocenters. The molecule has 100 valence electrons. The number of halogens is 2. The molecule has 0 aliphatic rings. The van der Waals surface area contributed by atoms with Crippen molar-refractivity contribution in [3.8, 4) is 0 Å². The lowest BCUT2D eigenvalue weighted by Crippen LogP contribution is -2.39. The number of benzene rings is 1. The highest BCUT2D eigenvalue weighted by Crippen LogP contribution is 2.26. The number of hydrogen-bond donors (Lipinski definition) is 2. The van der Waals surface area contributed by atoms with Crippen LogP contribution in [-0.4, -0.2) is 32.2 Å². The first-order valence-corrected chi connectivity index (χ1v) is 6.70. The molecule has 1 atom stereocenters. The highest BCUT2D eigenvalue weighted by atomic mass is 79.9. The number of anilines is 1. The van der Waals surface area contributed by atoms with Gasteiger partial charge in [0.25, 0.3) is 0 Å². The Bertz CT molecular complexity index is 415. The van der Waals surface area contributed by atoms with E-state index in [9.17, 15) is 4.79 Å². The first kappa shape index (κ1) is 15.3. The summed E-state index contributed by atoms with van der Waals surface area (Å²) in [6.07, 6.45) is 0. The van der Waals surface area contributed by atoms with Gasteiger partial charge < -0.3 is 15.4 Å². The summed E-state index contributed by atoms with van der Waals surface area (Å²) in [6.45, 7) is 2.77. The Morgan fingerprint density at radius 1 is 1.56 bits per heavy atom. The van der Waals surface area contributed by atoms with E-state index in [1.54, 1.807) is 20.1 Å². The summed E-state index contributed by atoms with van der Waals surface area (Å²) in [5, 5.41) is 6.40. The number of methoxy groups -OCH3 is 1. The van der Waals surface area contributed by atoms with Crippen LogP contribution in [0.1, 0.15) is 6.92 Å². The van der Waals surface area contributed by atoms with Crippen LogP contribution >= 0.6 is 27.5 Å². The van der Waals surface area contributed by atoms with Crippen molar-refractivity contribution in [2.75, 3.05) is 25.6 Å². The van der Waals surface area contributed by atoms with Crippen molar-refractivity contribution in [2.24, 2.45) is 0 Å². The summed E-state index contributed by atoms with van der Waals surface area (Å²) >= 11 is 9.40. The number of carbonyl (C=O) groups is 1. The second-order valence-electron chi connectivity index (χ2n) is 3.77. The van der Waals surface area contributed by atoms with E-state index in [2.05, 4.69) is 26.6 Å². The molecular formula is C12H16BrClN2O2. The highest BCUT2D eigenvalue weighted by Gasteiger charge is 2.13. The lowest BCUT2D eigenvalue weighted by atomic mass is 10.2. The minimum atomic E-state index is -0.367. The van der Waals surface area contributed by atoms with Gasteiger partial charge >= 0.3 is 0 Å². The number of nitrogens with one attached hydrogen (secondary N) is 2. The van der Waals surface area contributed by atoms with E-state index in [1.807, 2.05) is 12.1 Å². The molecule has 1 rings (SSSR count). The molecule has 0 aliphatic heterocycles. The van der Waals surface area contributed by atoms with Crippen LogP contribution in [0.15, 0.2) is 22.7 Å². The Hall–Kier alpha value is -0.780. The molecule has 0 radical (unpaired) electrons. The number of ether oxygens (including phenoxy) is 1. The van der Waals surface area contributed by atoms with Crippen LogP contribution in [0.4, 0.5) is 5.69 Å². The lowest BCUT2D eigenvalue weighted by Gasteiger charge is -2.16. The SMILES string of the molecule is COCCNC(=O)C(C)Nc1cc(Br)ccc1Cl. The Morgan fingerprint density at radius 3 is 2.94 bits per heavy atom. The fourth-order valence-electron chi connectivity index (χ4n) is 1.34. The zero-order chi connectivity index (χ0) is 13.5. The van der Waals surface area contributed by atoms with E-state index >= 15 is 0 Å². The van der Waals surface area contributed by atoms with Gasteiger partial charge in [0.15, 0.2) is 0 Å². The molecule has 0 spiro atoms. The first-order chi connectivity index (χ1) is 8.54. The minimum absolute atomic E-state index is 0.0944. The molecule has 1 aromatic rings. The van der Waals surface area contributed by atoms with Gasteiger partial charge in [-0.15, -0.1) is 0 Å². The third-order valence-electron chi connectivity index (χ3n) is 2.30. The molecule has 18 heavy (non-hydrogen) atoms. The van der Waals surface area contributed by atoms with E-state index in [-0.39, 0.29) is 11.9 Å². The van der Waals surface area contributed by atoms with Gasteiger partial charge in [0.05, 0.1) is 17.3 Å². The van der Waals surface area contributed by atoms with Crippen molar-refractivity contribution in [3.05, 3.63) is 27.7 Å². The Kier molecular flexibility index (Phi) is 6.46. The molecule has 0 saturated carbocycles. The maximum Gasteiger partial charge on any atom is 0.242 e. The molecule has 1 amide bonds. The number of amides is 1. The lowest BCUT2D eigenvalue weighted by molar-refractivity contribution is -0.121. The zero-order valence-corrected chi connectivity index (χ0v) is 12.6. The third kappa shape index (κ3) is 4.84. The van der Waals surface area contributed by atoms with E-state index in [0.29, 0.717) is 18.2 Å². The fourth-order valence-corrected chi connectivity index (χ4v) is 1.87. The van der Waals surface area contributed by atoms with Crippen molar-refractivity contribution in [3.63, 3.8) is 0 Å². The zero-order valence-electron chi connectivity index (χ0n) is 10.3. The number of hydrogen-bond acceptors (Lipinski definition) is 3. The van der Waals surface area contributed by atoms with Crippen molar-refractivity contribution < 1.29 is 9.53 Å². The maximum atomic E-state index is 11.7. The molecule has 4 nitrogen and oxygen atoms in total. The third-order valence-corrected chi connectivity index (χ3v) is 3.12. The van der Waals surface area contributed by atoms with Gasteiger partial charge in [-0.1, -0.05) is 27.5 Å². The van der Waals surface area contributed by atoms with Crippen LogP contribution < -0.4 is 10.6 Å². The maximum absolute atomic E-state index is 11.7. The van der Waals surface area contributed by atoms with Gasteiger partial charge in [-0.3, -0.25) is 4.79 Å². The molecule has 0 bridgehead atoms. The van der Waals surface area contributed by atoms with Crippen LogP contribution in [0, 0.1) is 0 Å². The monoisotopic (exact) mass is 334 g/mol. The van der Waals surface area contributed by atoms with Gasteiger partial charge in [-0.05, 0) is 25.1 Å². The van der Waals surface area contributed by atoms with E-state index < -0.39 is 0 Å². The van der Waals surface area contributed by atoms with Crippen LogP contribution in [0.25, 0.3) is 0 Å². The molecule has 0 fully saturated rings. The highest BCUT2D eigenvalue weighted by molar-refractivity contribution is 9.10. The van der Waals surface area contributed by atoms with E-state index in [0.717, 1.165) is 10.2 Å². The Balaban J connectivity index is 2.55. The molecule has 0 aromatic heterocycles. The van der Waals surface area contributed by atoms with Gasteiger partial charge in [-0.2, -0.15) is 0 Å². The van der Waals surface area contributed by atoms with Crippen LogP contribution in [0.2, 0.25) is 5.02 Å². The quantitative estimate of drug-likeness (QED) is 0.786. The minimum Gasteiger partial charge on any atom is -0.383 e. The largest absolute Gasteiger partial charge is 0.383 e. The predicted molar refractivity (Wildman–Crippen MR) is 77.1 cm³/mol. The molecule has 2 N–H and O–H groups in total. The second-order valence-corrected chi connectivity index (χ2v) is 5.10. The topological polar surface area (TPSA) is 50.4 Å². The van der Waals surface area contributed by atoms with E-state index in [1.165, 1.54) is 0 Å². The average Bonchev–Trinajstić information content (AvgIpc) is 2.34. The molecule has 1 aromatic carbocycles. The fraction of sp³-hybridized carbons (Fsp3) is 0.417. The normalized spacial score (nSPS) is 12.0. The summed E-state index contributed by atoms with van der Waals surface area (Å²) in [7, 11) is 1.59. The summed E-state index contributed by atoms with van der Waals surface area (Å²) in [4.78, 5) is 11.7. The van der Waals surface area contributed by atoms with Gasteiger partial charge in [0.2, 0.25) is 5.91 Å². The molecule has 0 heterocycles. The Labute approximate surface area is 120 Å². The van der Waals surface area contributed by atoms with Crippen LogP contribution in [0.3, 0.4) is 0 Å². The van der Waals surface area contributed by atoms with Gasteiger partial charge in [0, 0.05) is 18.1 Å². The van der Waals surface area contributed by atoms with Crippen LogP contribution in [-0.2, 0) is 9.53 Å². The summed E-state index contributed by atoms with van der Waals surface area (Å²) in [5.41, 5.74) is 0.723. The molecular weight excluding hydrogens is 320 g/mol. The van der Waals surface area contributed by atoms with Crippen LogP contribution in [0.5, 0.6) is 0 Å². The predicted octanol–water partition coefficient (Wildman–Crippen LogP) is 2.67. The van der Waals surface area contributed by atoms with Crippen molar-refractivity contribution in [2.45, 2.75) is 13.0 Å². The van der Waals surface area contributed by atoms with Crippen molar-refractivity contribution in [1.82, 2.24) is 5.32 Å². The molecule has 0 saturated heterocycles. The van der Waals surface area contributed by atoms with E-state index in [4.69, 9.17) is 16.3 Å². The van der Waals surface area contributed by atoms with Gasteiger partial charge in [0.1, 0.15) is 6.04 Å². The first-order valence-electron chi connectivity index (χ1n) is 5.53. The summed E-state index contributed by atoms with van der Waals surface area (Å²) in [5.74, 6) is -0.0944. The standard InChI is InChI=1S/C12H16BrClN2O2/c1-8(12(17)15-5-6-18-2)16-11-7-9(13)3-4-10(11)14/h3-4,7-8,16H,5-6H2,1-2H3,(H,15,17). The van der Waals surface area contributed by atoms with Crippen molar-refractivity contribution in [1.29, 1.82) is 0 Å². The average molecular weight is 336 g/mol. The van der Waals surface area contributed by atoms with Crippen molar-refractivity contribution >= 4 is 39.1 Å². The summed E-state index contributed by atoms with van der Waals surface area (Å²) in [6, 6.07) is 5.08. The number of rotatable bonds is 6. The number of carbonyl (C=O) groups excluding carboxylic acids is 1.